The molecular formula is C16H24IN5. The molecule has 0 saturated carbocycles. The van der Waals surface area contributed by atoms with E-state index in [-0.39, 0.29) is 24.0 Å². The number of aryl methyl sites for hydroxylation is 3. The fourth-order valence-corrected chi connectivity index (χ4v) is 2.19. The van der Waals surface area contributed by atoms with Crippen LogP contribution in [-0.2, 0) is 20.1 Å². The molecule has 0 aliphatic carbocycles. The van der Waals surface area contributed by atoms with E-state index in [2.05, 4.69) is 52.8 Å². The molecule has 0 amide bonds. The molecule has 2 rings (SSSR count). The van der Waals surface area contributed by atoms with E-state index in [9.17, 15) is 0 Å². The highest BCUT2D eigenvalue weighted by Crippen LogP contribution is 2.09. The number of rotatable bonds is 4. The predicted molar refractivity (Wildman–Crippen MR) is 102 cm³/mol. The molecule has 0 saturated heterocycles. The van der Waals surface area contributed by atoms with Crippen LogP contribution in [0, 0.1) is 13.8 Å². The van der Waals surface area contributed by atoms with Crippen LogP contribution in [0.1, 0.15) is 22.4 Å². The van der Waals surface area contributed by atoms with Crippen molar-refractivity contribution in [2.45, 2.75) is 26.9 Å². The molecule has 2 aromatic rings. The summed E-state index contributed by atoms with van der Waals surface area (Å²) < 4.78 is 1.85. The molecule has 0 atom stereocenters. The summed E-state index contributed by atoms with van der Waals surface area (Å²) in [6.07, 6.45) is 1.79. The Bertz CT molecular complexity index is 633. The third-order valence-corrected chi connectivity index (χ3v) is 3.53. The van der Waals surface area contributed by atoms with Crippen LogP contribution in [0.2, 0.25) is 0 Å². The SMILES string of the molecule is CN=C(NCc1ccc(C)cc1C)NCc1ccnn1C.I. The lowest BCUT2D eigenvalue weighted by molar-refractivity contribution is 0.684. The van der Waals surface area contributed by atoms with Gasteiger partial charge in [-0.15, -0.1) is 24.0 Å². The van der Waals surface area contributed by atoms with Crippen molar-refractivity contribution in [3.63, 3.8) is 0 Å². The van der Waals surface area contributed by atoms with Crippen LogP contribution >= 0.6 is 24.0 Å². The van der Waals surface area contributed by atoms with Crippen LogP contribution in [0.3, 0.4) is 0 Å². The standard InChI is InChI=1S/C16H23N5.HI/c1-12-5-6-14(13(2)9-12)10-18-16(17-3)19-11-15-7-8-20-21(15)4;/h5-9H,10-11H2,1-4H3,(H2,17,18,19);1H. The number of nitrogens with zero attached hydrogens (tertiary/aromatic N) is 3. The van der Waals surface area contributed by atoms with Gasteiger partial charge < -0.3 is 10.6 Å². The van der Waals surface area contributed by atoms with Gasteiger partial charge in [0.05, 0.1) is 12.2 Å². The maximum Gasteiger partial charge on any atom is 0.191 e. The van der Waals surface area contributed by atoms with Crippen molar-refractivity contribution in [3.8, 4) is 0 Å². The zero-order chi connectivity index (χ0) is 15.2. The number of halogens is 1. The van der Waals surface area contributed by atoms with Crippen LogP contribution < -0.4 is 10.6 Å². The van der Waals surface area contributed by atoms with Crippen LogP contribution in [0.15, 0.2) is 35.5 Å². The lowest BCUT2D eigenvalue weighted by Crippen LogP contribution is -2.36. The van der Waals surface area contributed by atoms with Crippen molar-refractivity contribution in [1.82, 2.24) is 20.4 Å². The normalized spacial score (nSPS) is 11.0. The highest BCUT2D eigenvalue weighted by atomic mass is 127. The van der Waals surface area contributed by atoms with Gasteiger partial charge in [-0.25, -0.2) is 0 Å². The smallest absolute Gasteiger partial charge is 0.191 e. The van der Waals surface area contributed by atoms with Gasteiger partial charge >= 0.3 is 0 Å². The average Bonchev–Trinajstić information content (AvgIpc) is 2.86. The Morgan fingerprint density at radius 3 is 2.50 bits per heavy atom. The first kappa shape index (κ1) is 18.5. The van der Waals surface area contributed by atoms with E-state index in [1.54, 1.807) is 13.2 Å². The Balaban J connectivity index is 0.00000242. The van der Waals surface area contributed by atoms with E-state index in [0.29, 0.717) is 6.54 Å². The number of benzene rings is 1. The number of aromatic nitrogens is 2. The second-order valence-corrected chi connectivity index (χ2v) is 5.16. The first-order valence-corrected chi connectivity index (χ1v) is 7.07. The Hall–Kier alpha value is -1.57. The monoisotopic (exact) mass is 413 g/mol. The molecule has 1 aromatic carbocycles. The van der Waals surface area contributed by atoms with Crippen LogP contribution in [0.25, 0.3) is 0 Å². The second kappa shape index (κ2) is 8.77. The summed E-state index contributed by atoms with van der Waals surface area (Å²) in [6.45, 7) is 5.70. The summed E-state index contributed by atoms with van der Waals surface area (Å²) in [4.78, 5) is 4.24. The van der Waals surface area contributed by atoms with Crippen LogP contribution in [0.5, 0.6) is 0 Å². The molecule has 6 heteroatoms. The summed E-state index contributed by atoms with van der Waals surface area (Å²) in [5.41, 5.74) is 4.98. The summed E-state index contributed by atoms with van der Waals surface area (Å²) in [5.74, 6) is 0.788. The molecule has 22 heavy (non-hydrogen) atoms. The number of guanidine groups is 1. The Morgan fingerprint density at radius 1 is 1.18 bits per heavy atom. The van der Waals surface area contributed by atoms with Crippen molar-refractivity contribution in [3.05, 3.63) is 52.8 Å². The highest BCUT2D eigenvalue weighted by molar-refractivity contribution is 14.0. The fraction of sp³-hybridized carbons (Fsp3) is 0.375. The fourth-order valence-electron chi connectivity index (χ4n) is 2.19. The van der Waals surface area contributed by atoms with Crippen LogP contribution in [0.4, 0.5) is 0 Å². The Morgan fingerprint density at radius 2 is 1.91 bits per heavy atom. The van der Waals surface area contributed by atoms with Crippen molar-refractivity contribution in [2.75, 3.05) is 7.05 Å². The molecule has 0 spiro atoms. The van der Waals surface area contributed by atoms with Gasteiger partial charge in [0.2, 0.25) is 0 Å². The summed E-state index contributed by atoms with van der Waals surface area (Å²) in [7, 11) is 3.71. The first-order valence-electron chi connectivity index (χ1n) is 7.07. The van der Waals surface area contributed by atoms with Gasteiger partial charge in [0.15, 0.2) is 5.96 Å². The Labute approximate surface area is 149 Å². The third-order valence-electron chi connectivity index (χ3n) is 3.53. The van der Waals surface area contributed by atoms with Gasteiger partial charge in [0.1, 0.15) is 0 Å². The quantitative estimate of drug-likeness (QED) is 0.460. The number of hydrogen-bond acceptors (Lipinski definition) is 2. The van der Waals surface area contributed by atoms with Gasteiger partial charge in [-0.2, -0.15) is 5.10 Å². The molecule has 0 radical (unpaired) electrons. The zero-order valence-corrected chi connectivity index (χ0v) is 15.9. The van der Waals surface area contributed by atoms with Crippen LogP contribution in [-0.4, -0.2) is 22.8 Å². The van der Waals surface area contributed by atoms with E-state index in [1.165, 1.54) is 16.7 Å². The average molecular weight is 413 g/mol. The van der Waals surface area contributed by atoms with Crippen molar-refractivity contribution < 1.29 is 0 Å². The number of nitrogens with one attached hydrogen (secondary N) is 2. The molecule has 1 heterocycles. The van der Waals surface area contributed by atoms with Crippen molar-refractivity contribution in [2.24, 2.45) is 12.0 Å². The summed E-state index contributed by atoms with van der Waals surface area (Å²) in [6, 6.07) is 8.48. The van der Waals surface area contributed by atoms with E-state index < -0.39 is 0 Å². The lowest BCUT2D eigenvalue weighted by Gasteiger charge is -2.13. The number of hydrogen-bond donors (Lipinski definition) is 2. The summed E-state index contributed by atoms with van der Waals surface area (Å²) >= 11 is 0. The highest BCUT2D eigenvalue weighted by Gasteiger charge is 2.03. The van der Waals surface area contributed by atoms with Crippen molar-refractivity contribution in [1.29, 1.82) is 0 Å². The molecule has 0 aliphatic rings. The molecule has 120 valence electrons. The summed E-state index contributed by atoms with van der Waals surface area (Å²) in [5, 5.41) is 10.8. The largest absolute Gasteiger partial charge is 0.352 e. The second-order valence-electron chi connectivity index (χ2n) is 5.16. The molecule has 2 N–H and O–H groups in total. The minimum atomic E-state index is 0. The van der Waals surface area contributed by atoms with E-state index >= 15 is 0 Å². The van der Waals surface area contributed by atoms with Gasteiger partial charge in [0, 0.05) is 26.8 Å². The zero-order valence-electron chi connectivity index (χ0n) is 13.6. The molecule has 0 aliphatic heterocycles. The Kier molecular flexibility index (Phi) is 7.37. The minimum Gasteiger partial charge on any atom is -0.352 e. The van der Waals surface area contributed by atoms with E-state index in [1.807, 2.05) is 17.8 Å². The third kappa shape index (κ3) is 5.01. The molecule has 1 aromatic heterocycles. The maximum absolute atomic E-state index is 4.24. The van der Waals surface area contributed by atoms with E-state index in [4.69, 9.17) is 0 Å². The van der Waals surface area contributed by atoms with Gasteiger partial charge in [0.25, 0.3) is 0 Å². The van der Waals surface area contributed by atoms with Gasteiger partial charge in [-0.05, 0) is 31.0 Å². The van der Waals surface area contributed by atoms with Gasteiger partial charge in [-0.1, -0.05) is 23.8 Å². The molecule has 0 bridgehead atoms. The van der Waals surface area contributed by atoms with Gasteiger partial charge in [-0.3, -0.25) is 9.67 Å². The molecule has 0 fully saturated rings. The maximum atomic E-state index is 4.24. The van der Waals surface area contributed by atoms with Crippen molar-refractivity contribution >= 4 is 29.9 Å². The lowest BCUT2D eigenvalue weighted by atomic mass is 10.1. The minimum absolute atomic E-state index is 0. The van der Waals surface area contributed by atoms with E-state index in [0.717, 1.165) is 18.2 Å². The predicted octanol–water partition coefficient (Wildman–Crippen LogP) is 2.52. The number of aliphatic imine (C=N–C) groups is 1. The molecular weight excluding hydrogens is 389 g/mol. The molecule has 0 unspecified atom stereocenters. The molecule has 5 nitrogen and oxygen atoms in total. The first-order chi connectivity index (χ1) is 10.1. The topological polar surface area (TPSA) is 54.2 Å².